The van der Waals surface area contributed by atoms with Gasteiger partial charge in [0.1, 0.15) is 17.0 Å². The van der Waals surface area contributed by atoms with Crippen molar-refractivity contribution in [2.45, 2.75) is 20.8 Å². The van der Waals surface area contributed by atoms with Gasteiger partial charge in [0.15, 0.2) is 0 Å². The molecule has 0 aliphatic heterocycles. The predicted molar refractivity (Wildman–Crippen MR) is 86.8 cm³/mol. The number of aromatic nitrogens is 1. The van der Waals surface area contributed by atoms with Crippen LogP contribution >= 0.6 is 23.2 Å². The number of hydrogen-bond acceptors (Lipinski definition) is 6. The summed E-state index contributed by atoms with van der Waals surface area (Å²) in [6.07, 6.45) is 0. The Morgan fingerprint density at radius 1 is 1.35 bits per heavy atom. The maximum Gasteiger partial charge on any atom is 0.371 e. The minimum absolute atomic E-state index is 0.105. The summed E-state index contributed by atoms with van der Waals surface area (Å²) < 4.78 is 10.2. The van der Waals surface area contributed by atoms with Crippen molar-refractivity contribution in [1.82, 2.24) is 5.16 Å². The van der Waals surface area contributed by atoms with Gasteiger partial charge in [-0.05, 0) is 31.1 Å². The summed E-state index contributed by atoms with van der Waals surface area (Å²) in [7, 11) is 0. The molecule has 1 aromatic heterocycles. The first kappa shape index (κ1) is 17.3. The second-order valence-electron chi connectivity index (χ2n) is 4.48. The van der Waals surface area contributed by atoms with Crippen LogP contribution in [0.4, 0.5) is 0 Å². The van der Waals surface area contributed by atoms with E-state index < -0.39 is 5.97 Å². The fraction of sp³-hybridized carbons (Fsp3) is 0.267. The fourth-order valence-corrected chi connectivity index (χ4v) is 2.47. The first-order valence-corrected chi connectivity index (χ1v) is 7.50. The van der Waals surface area contributed by atoms with E-state index in [4.69, 9.17) is 37.3 Å². The van der Waals surface area contributed by atoms with Crippen LogP contribution in [-0.2, 0) is 9.57 Å². The lowest BCUT2D eigenvalue weighted by atomic mass is 10.1. The molecule has 1 heterocycles. The van der Waals surface area contributed by atoms with Crippen molar-refractivity contribution in [2.24, 2.45) is 5.16 Å². The molecule has 0 bridgehead atoms. The van der Waals surface area contributed by atoms with Crippen LogP contribution in [0.1, 0.15) is 30.0 Å². The highest BCUT2D eigenvalue weighted by atomic mass is 35.5. The number of rotatable bonds is 4. The molecule has 0 aliphatic rings. The summed E-state index contributed by atoms with van der Waals surface area (Å²) in [5, 5.41) is 8.15. The van der Waals surface area contributed by atoms with E-state index >= 15 is 0 Å². The SMILES string of the molecule is CCO/C(C)=N/OC(=O)c1c(-c2c(Cl)cccc2Cl)noc1C. The van der Waals surface area contributed by atoms with Crippen LogP contribution < -0.4 is 0 Å². The third kappa shape index (κ3) is 3.83. The highest BCUT2D eigenvalue weighted by Crippen LogP contribution is 2.36. The van der Waals surface area contributed by atoms with Crippen molar-refractivity contribution in [3.05, 3.63) is 39.6 Å². The standard InChI is InChI=1S/C15H14Cl2N2O4/c1-4-21-9(3)18-23-15(20)12-8(2)22-19-14(12)13-10(16)6-5-7-11(13)17/h5-7H,4H2,1-3H3/b18-9+. The zero-order chi connectivity index (χ0) is 17.0. The fourth-order valence-electron chi connectivity index (χ4n) is 1.89. The van der Waals surface area contributed by atoms with E-state index in [1.807, 2.05) is 0 Å². The molecule has 0 amide bonds. The van der Waals surface area contributed by atoms with E-state index in [1.165, 1.54) is 0 Å². The molecule has 0 saturated heterocycles. The summed E-state index contributed by atoms with van der Waals surface area (Å²) in [5.41, 5.74) is 0.700. The van der Waals surface area contributed by atoms with Crippen molar-refractivity contribution >= 4 is 35.1 Å². The van der Waals surface area contributed by atoms with Gasteiger partial charge in [0.25, 0.3) is 0 Å². The van der Waals surface area contributed by atoms with E-state index in [9.17, 15) is 4.79 Å². The third-order valence-electron chi connectivity index (χ3n) is 2.88. The van der Waals surface area contributed by atoms with E-state index in [0.717, 1.165) is 0 Å². The summed E-state index contributed by atoms with van der Waals surface area (Å²) in [6, 6.07) is 4.97. The van der Waals surface area contributed by atoms with Crippen molar-refractivity contribution in [1.29, 1.82) is 0 Å². The van der Waals surface area contributed by atoms with Gasteiger partial charge in [-0.2, -0.15) is 0 Å². The van der Waals surface area contributed by atoms with Crippen LogP contribution in [0, 0.1) is 6.92 Å². The monoisotopic (exact) mass is 356 g/mol. The van der Waals surface area contributed by atoms with Gasteiger partial charge in [0.05, 0.1) is 16.7 Å². The first-order valence-electron chi connectivity index (χ1n) is 6.75. The molecule has 8 heteroatoms. The Kier molecular flexibility index (Phi) is 5.63. The number of nitrogens with zero attached hydrogens (tertiary/aromatic N) is 2. The van der Waals surface area contributed by atoms with Crippen LogP contribution in [0.5, 0.6) is 0 Å². The van der Waals surface area contributed by atoms with Gasteiger partial charge < -0.3 is 14.1 Å². The Bertz CT molecular complexity index is 736. The zero-order valence-electron chi connectivity index (χ0n) is 12.7. The molecule has 0 spiro atoms. The molecule has 122 valence electrons. The second-order valence-corrected chi connectivity index (χ2v) is 5.30. The normalized spacial score (nSPS) is 11.4. The van der Waals surface area contributed by atoms with Crippen LogP contribution in [0.3, 0.4) is 0 Å². The van der Waals surface area contributed by atoms with Crippen LogP contribution in [0.2, 0.25) is 10.0 Å². The molecule has 23 heavy (non-hydrogen) atoms. The molecule has 6 nitrogen and oxygen atoms in total. The molecule has 0 N–H and O–H groups in total. The number of aryl methyl sites for hydroxylation is 1. The third-order valence-corrected chi connectivity index (χ3v) is 3.51. The largest absolute Gasteiger partial charge is 0.479 e. The molecule has 0 saturated carbocycles. The maximum atomic E-state index is 12.3. The Morgan fingerprint density at radius 3 is 2.61 bits per heavy atom. The minimum Gasteiger partial charge on any atom is -0.479 e. The van der Waals surface area contributed by atoms with Crippen molar-refractivity contribution < 1.29 is 18.9 Å². The van der Waals surface area contributed by atoms with Gasteiger partial charge in [-0.25, -0.2) is 4.79 Å². The average Bonchev–Trinajstić information content (AvgIpc) is 2.87. The molecule has 0 unspecified atom stereocenters. The first-order chi connectivity index (χ1) is 11.0. The molecule has 0 radical (unpaired) electrons. The summed E-state index contributed by atoms with van der Waals surface area (Å²) >= 11 is 12.3. The molecular weight excluding hydrogens is 343 g/mol. The number of carbonyl (C=O) groups is 1. The molecule has 0 aliphatic carbocycles. The Balaban J connectivity index is 2.40. The Morgan fingerprint density at radius 2 is 2.00 bits per heavy atom. The lowest BCUT2D eigenvalue weighted by molar-refractivity contribution is 0.0500. The summed E-state index contributed by atoms with van der Waals surface area (Å²) in [5.74, 6) is -0.244. The highest BCUT2D eigenvalue weighted by molar-refractivity contribution is 6.39. The molecule has 1 aromatic carbocycles. The molecule has 0 atom stereocenters. The summed E-state index contributed by atoms with van der Waals surface area (Å²) in [4.78, 5) is 17.1. The van der Waals surface area contributed by atoms with E-state index in [2.05, 4.69) is 10.3 Å². The highest BCUT2D eigenvalue weighted by Gasteiger charge is 2.26. The topological polar surface area (TPSA) is 73.9 Å². The number of carbonyl (C=O) groups excluding carboxylic acids is 1. The Hall–Kier alpha value is -2.05. The lowest BCUT2D eigenvalue weighted by Gasteiger charge is -2.05. The number of hydrogen-bond donors (Lipinski definition) is 0. The maximum absolute atomic E-state index is 12.3. The van der Waals surface area contributed by atoms with Gasteiger partial charge in [0.2, 0.25) is 5.90 Å². The quantitative estimate of drug-likeness (QED) is 0.349. The van der Waals surface area contributed by atoms with Crippen molar-refractivity contribution in [3.63, 3.8) is 0 Å². The van der Waals surface area contributed by atoms with Crippen LogP contribution in [-0.4, -0.2) is 23.6 Å². The van der Waals surface area contributed by atoms with E-state index in [0.29, 0.717) is 22.2 Å². The summed E-state index contributed by atoms with van der Waals surface area (Å²) in [6.45, 7) is 5.36. The van der Waals surface area contributed by atoms with Gasteiger partial charge in [-0.15, -0.1) is 0 Å². The number of ether oxygens (including phenoxy) is 1. The predicted octanol–water partition coefficient (Wildman–Crippen LogP) is 4.48. The average molecular weight is 357 g/mol. The van der Waals surface area contributed by atoms with Crippen LogP contribution in [0.25, 0.3) is 11.3 Å². The smallest absolute Gasteiger partial charge is 0.371 e. The number of oxime groups is 1. The van der Waals surface area contributed by atoms with Crippen molar-refractivity contribution in [3.8, 4) is 11.3 Å². The Labute approximate surface area is 142 Å². The van der Waals surface area contributed by atoms with E-state index in [1.54, 1.807) is 39.0 Å². The van der Waals surface area contributed by atoms with E-state index in [-0.39, 0.29) is 22.9 Å². The molecular formula is C15H14Cl2N2O4. The van der Waals surface area contributed by atoms with Crippen LogP contribution in [0.15, 0.2) is 27.9 Å². The van der Waals surface area contributed by atoms with Gasteiger partial charge in [-0.1, -0.05) is 34.4 Å². The number of halogens is 2. The second kappa shape index (κ2) is 7.48. The molecule has 2 rings (SSSR count). The minimum atomic E-state index is -0.742. The lowest BCUT2D eigenvalue weighted by Crippen LogP contribution is -2.07. The van der Waals surface area contributed by atoms with Gasteiger partial charge in [0, 0.05) is 12.5 Å². The van der Waals surface area contributed by atoms with Crippen molar-refractivity contribution in [2.75, 3.05) is 6.61 Å². The molecule has 2 aromatic rings. The molecule has 0 fully saturated rings. The van der Waals surface area contributed by atoms with Gasteiger partial charge >= 0.3 is 5.97 Å². The number of benzene rings is 1. The van der Waals surface area contributed by atoms with Gasteiger partial charge in [-0.3, -0.25) is 0 Å². The zero-order valence-corrected chi connectivity index (χ0v) is 14.2.